The number of nitrogens with zero attached hydrogens (tertiary/aromatic N) is 5. The molecule has 2 heterocycles. The predicted molar refractivity (Wildman–Crippen MR) is 68.5 cm³/mol. The van der Waals surface area contributed by atoms with Crippen LogP contribution in [0.15, 0.2) is 22.0 Å². The second kappa shape index (κ2) is 5.19. The first-order chi connectivity index (χ1) is 9.00. The van der Waals surface area contributed by atoms with Crippen molar-refractivity contribution in [1.82, 2.24) is 29.2 Å². The molecule has 0 aliphatic carbocycles. The third-order valence-electron chi connectivity index (χ3n) is 3.02. The van der Waals surface area contributed by atoms with Gasteiger partial charge in [-0.15, -0.1) is 10.2 Å². The molecule has 0 saturated carbocycles. The highest BCUT2D eigenvalue weighted by Crippen LogP contribution is 1.94. The number of hydrogen-bond acceptors (Lipinski definition) is 5. The predicted octanol–water partition coefficient (Wildman–Crippen LogP) is -1.50. The highest BCUT2D eigenvalue weighted by Gasteiger charge is 2.06. The highest BCUT2D eigenvalue weighted by molar-refractivity contribution is 5.02. The molecule has 1 N–H and O–H groups in total. The summed E-state index contributed by atoms with van der Waals surface area (Å²) in [4.78, 5) is 23.3. The van der Waals surface area contributed by atoms with Crippen molar-refractivity contribution in [3.63, 3.8) is 0 Å². The van der Waals surface area contributed by atoms with Crippen molar-refractivity contribution in [2.75, 3.05) is 0 Å². The Labute approximate surface area is 109 Å². The second-order valence-corrected chi connectivity index (χ2v) is 4.34. The average molecular weight is 264 g/mol. The number of hydrogen-bond donors (Lipinski definition) is 1. The van der Waals surface area contributed by atoms with E-state index < -0.39 is 0 Å². The second-order valence-electron chi connectivity index (χ2n) is 4.34. The number of aromatic nitrogens is 5. The van der Waals surface area contributed by atoms with Crippen molar-refractivity contribution in [2.45, 2.75) is 13.1 Å². The summed E-state index contributed by atoms with van der Waals surface area (Å²) in [5.41, 5.74) is -0.00298. The number of rotatable bonds is 4. The first-order valence-corrected chi connectivity index (χ1v) is 5.80. The van der Waals surface area contributed by atoms with E-state index in [1.54, 1.807) is 17.9 Å². The van der Waals surface area contributed by atoms with Crippen LogP contribution in [0.25, 0.3) is 0 Å². The fraction of sp³-hybridized carbons (Fsp3) is 0.455. The SMILES string of the molecule is Cn1cnnc1CNCc1cc(=O)n(C)c(=O)n1C. The van der Waals surface area contributed by atoms with E-state index in [2.05, 4.69) is 15.5 Å². The summed E-state index contributed by atoms with van der Waals surface area (Å²) < 4.78 is 4.33. The van der Waals surface area contributed by atoms with Crippen LogP contribution in [-0.4, -0.2) is 23.9 Å². The maximum absolute atomic E-state index is 11.7. The molecule has 0 atom stereocenters. The van der Waals surface area contributed by atoms with Crippen LogP contribution in [0, 0.1) is 0 Å². The Bertz CT molecular complexity index is 696. The van der Waals surface area contributed by atoms with Gasteiger partial charge < -0.3 is 9.88 Å². The fourth-order valence-electron chi connectivity index (χ4n) is 1.72. The molecule has 0 aliphatic rings. The molecule has 102 valence electrons. The molecule has 0 aliphatic heterocycles. The van der Waals surface area contributed by atoms with Gasteiger partial charge in [0.2, 0.25) is 0 Å². The molecule has 0 unspecified atom stereocenters. The van der Waals surface area contributed by atoms with Crippen LogP contribution in [0.2, 0.25) is 0 Å². The molecule has 19 heavy (non-hydrogen) atoms. The van der Waals surface area contributed by atoms with Crippen LogP contribution < -0.4 is 16.6 Å². The van der Waals surface area contributed by atoms with Gasteiger partial charge in [0.15, 0.2) is 0 Å². The summed E-state index contributed by atoms with van der Waals surface area (Å²) in [7, 11) is 4.95. The monoisotopic (exact) mass is 264 g/mol. The molecular formula is C11H16N6O2. The Morgan fingerprint density at radius 1 is 1.16 bits per heavy atom. The molecule has 0 bridgehead atoms. The zero-order valence-electron chi connectivity index (χ0n) is 11.1. The minimum absolute atomic E-state index is 0.307. The van der Waals surface area contributed by atoms with E-state index in [0.717, 1.165) is 10.4 Å². The van der Waals surface area contributed by atoms with Crippen LogP contribution in [0.5, 0.6) is 0 Å². The van der Waals surface area contributed by atoms with E-state index in [4.69, 9.17) is 0 Å². The Morgan fingerprint density at radius 3 is 2.53 bits per heavy atom. The van der Waals surface area contributed by atoms with Crippen LogP contribution >= 0.6 is 0 Å². The maximum Gasteiger partial charge on any atom is 0.330 e. The van der Waals surface area contributed by atoms with E-state index in [1.165, 1.54) is 17.7 Å². The van der Waals surface area contributed by atoms with E-state index >= 15 is 0 Å². The highest BCUT2D eigenvalue weighted by atomic mass is 16.2. The Kier molecular flexibility index (Phi) is 3.61. The summed E-state index contributed by atoms with van der Waals surface area (Å²) in [5, 5.41) is 10.8. The van der Waals surface area contributed by atoms with E-state index in [0.29, 0.717) is 18.8 Å². The third-order valence-corrected chi connectivity index (χ3v) is 3.02. The fourth-order valence-corrected chi connectivity index (χ4v) is 1.72. The molecule has 2 aromatic heterocycles. The molecule has 0 fully saturated rings. The third kappa shape index (κ3) is 2.63. The summed E-state index contributed by atoms with van der Waals surface area (Å²) in [6.07, 6.45) is 1.62. The number of nitrogens with one attached hydrogen (secondary N) is 1. The molecule has 2 rings (SSSR count). The minimum atomic E-state index is -0.331. The molecule has 2 aromatic rings. The standard InChI is InChI=1S/C11H16N6O2/c1-15-7-13-14-9(15)6-12-5-8-4-10(18)17(3)11(19)16(8)2/h4,7,12H,5-6H2,1-3H3. The molecule has 8 heteroatoms. The molecule has 0 aromatic carbocycles. The summed E-state index contributed by atoms with van der Waals surface area (Å²) in [6.45, 7) is 0.925. The first-order valence-electron chi connectivity index (χ1n) is 5.80. The van der Waals surface area contributed by atoms with Crippen molar-refractivity contribution < 1.29 is 0 Å². The van der Waals surface area contributed by atoms with Crippen molar-refractivity contribution in [2.24, 2.45) is 21.1 Å². The van der Waals surface area contributed by atoms with Gasteiger partial charge in [0.05, 0.1) is 6.54 Å². The lowest BCUT2D eigenvalue weighted by molar-refractivity contribution is 0.582. The maximum atomic E-state index is 11.7. The quantitative estimate of drug-likeness (QED) is 0.726. The van der Waals surface area contributed by atoms with Gasteiger partial charge in [-0.3, -0.25) is 13.9 Å². The smallest absolute Gasteiger partial charge is 0.320 e. The molecule has 0 saturated heterocycles. The summed E-state index contributed by atoms with van der Waals surface area (Å²) >= 11 is 0. The van der Waals surface area contributed by atoms with Crippen molar-refractivity contribution in [3.8, 4) is 0 Å². The topological polar surface area (TPSA) is 86.7 Å². The largest absolute Gasteiger partial charge is 0.330 e. The lowest BCUT2D eigenvalue weighted by Gasteiger charge is -2.10. The van der Waals surface area contributed by atoms with Gasteiger partial charge in [0.1, 0.15) is 12.2 Å². The van der Waals surface area contributed by atoms with Crippen LogP contribution in [0.3, 0.4) is 0 Å². The van der Waals surface area contributed by atoms with Crippen molar-refractivity contribution in [1.29, 1.82) is 0 Å². The van der Waals surface area contributed by atoms with Crippen molar-refractivity contribution in [3.05, 3.63) is 44.8 Å². The normalized spacial score (nSPS) is 10.9. The molecule has 8 nitrogen and oxygen atoms in total. The van der Waals surface area contributed by atoms with Crippen LogP contribution in [0.1, 0.15) is 11.5 Å². The van der Waals surface area contributed by atoms with E-state index in [-0.39, 0.29) is 11.2 Å². The van der Waals surface area contributed by atoms with Gasteiger partial charge in [-0.2, -0.15) is 0 Å². The average Bonchev–Trinajstić information content (AvgIpc) is 2.79. The minimum Gasteiger partial charge on any atom is -0.320 e. The van der Waals surface area contributed by atoms with Crippen molar-refractivity contribution >= 4 is 0 Å². The van der Waals surface area contributed by atoms with Gasteiger partial charge in [-0.1, -0.05) is 0 Å². The molecule has 0 radical (unpaired) electrons. The number of aryl methyl sites for hydroxylation is 1. The molecular weight excluding hydrogens is 248 g/mol. The first kappa shape index (κ1) is 13.2. The van der Waals surface area contributed by atoms with Crippen LogP contribution in [-0.2, 0) is 34.2 Å². The zero-order chi connectivity index (χ0) is 14.0. The van der Waals surface area contributed by atoms with Gasteiger partial charge >= 0.3 is 5.69 Å². The zero-order valence-corrected chi connectivity index (χ0v) is 11.1. The lowest BCUT2D eigenvalue weighted by atomic mass is 10.3. The molecule has 0 spiro atoms. The lowest BCUT2D eigenvalue weighted by Crippen LogP contribution is -2.39. The summed E-state index contributed by atoms with van der Waals surface area (Å²) in [5.74, 6) is 0.786. The Hall–Kier alpha value is -2.22. The molecule has 0 amide bonds. The van der Waals surface area contributed by atoms with Crippen LogP contribution in [0.4, 0.5) is 0 Å². The van der Waals surface area contributed by atoms with E-state index in [1.807, 2.05) is 7.05 Å². The summed E-state index contributed by atoms with van der Waals surface area (Å²) in [6, 6.07) is 1.45. The van der Waals surface area contributed by atoms with Gasteiger partial charge in [-0.05, 0) is 0 Å². The van der Waals surface area contributed by atoms with Gasteiger partial charge in [0, 0.05) is 39.4 Å². The van der Waals surface area contributed by atoms with Gasteiger partial charge in [0.25, 0.3) is 5.56 Å². The van der Waals surface area contributed by atoms with E-state index in [9.17, 15) is 9.59 Å². The van der Waals surface area contributed by atoms with Gasteiger partial charge in [-0.25, -0.2) is 4.79 Å². The Balaban J connectivity index is 2.11. The Morgan fingerprint density at radius 2 is 1.89 bits per heavy atom.